The molecule has 0 fully saturated rings. The van der Waals surface area contributed by atoms with Gasteiger partial charge in [0.25, 0.3) is 0 Å². The molecule has 0 spiro atoms. The summed E-state index contributed by atoms with van der Waals surface area (Å²) in [6.07, 6.45) is -0.880. The Morgan fingerprint density at radius 1 is 1.40 bits per heavy atom. The van der Waals surface area contributed by atoms with Gasteiger partial charge in [0.1, 0.15) is 5.60 Å². The number of halogens is 2. The molecule has 1 unspecified atom stereocenters. The molecule has 8 heteroatoms. The molecule has 1 aromatic heterocycles. The molecule has 1 amide bonds. The molecule has 0 saturated carbocycles. The number of nitrogens with one attached hydrogen (secondary N) is 1. The molecule has 1 rings (SSSR count). The highest BCUT2D eigenvalue weighted by Crippen LogP contribution is 2.21. The van der Waals surface area contributed by atoms with Crippen LogP contribution in [-0.2, 0) is 4.74 Å². The van der Waals surface area contributed by atoms with Gasteiger partial charge in [-0.05, 0) is 26.3 Å². The Labute approximate surface area is 115 Å². The topological polar surface area (TPSA) is 90.1 Å². The van der Waals surface area contributed by atoms with Gasteiger partial charge in [-0.25, -0.2) is 23.5 Å². The molecule has 0 radical (unpaired) electrons. The van der Waals surface area contributed by atoms with Crippen LogP contribution in [0.5, 0.6) is 0 Å². The number of nitrogens with two attached hydrogens (primary N) is 1. The van der Waals surface area contributed by atoms with E-state index in [4.69, 9.17) is 10.5 Å². The van der Waals surface area contributed by atoms with Crippen molar-refractivity contribution in [3.8, 4) is 0 Å². The normalized spacial score (nSPS) is 13.2. The maximum Gasteiger partial charge on any atom is 0.414 e. The van der Waals surface area contributed by atoms with Crippen molar-refractivity contribution < 1.29 is 18.3 Å². The second-order valence-electron chi connectivity index (χ2n) is 5.14. The highest BCUT2D eigenvalue weighted by molar-refractivity contribution is 5.82. The first-order chi connectivity index (χ1) is 9.23. The molecule has 0 aliphatic heterocycles. The number of carbonyl (C=O) groups excluding carboxylic acids is 1. The van der Waals surface area contributed by atoms with Gasteiger partial charge in [-0.1, -0.05) is 0 Å². The van der Waals surface area contributed by atoms with Gasteiger partial charge in [-0.2, -0.15) is 0 Å². The van der Waals surface area contributed by atoms with Gasteiger partial charge in [0, 0.05) is 18.9 Å². The molecule has 112 valence electrons. The third-order valence-electron chi connectivity index (χ3n) is 2.27. The zero-order valence-electron chi connectivity index (χ0n) is 11.6. The third kappa shape index (κ3) is 5.04. The number of alkyl halides is 2. The van der Waals surface area contributed by atoms with E-state index >= 15 is 0 Å². The number of hydrogen-bond donors (Lipinski definition) is 2. The largest absolute Gasteiger partial charge is 0.444 e. The van der Waals surface area contributed by atoms with Gasteiger partial charge in [0.05, 0.1) is 5.92 Å². The molecule has 3 N–H and O–H groups in total. The Kier molecular flexibility index (Phi) is 5.32. The van der Waals surface area contributed by atoms with Crippen LogP contribution >= 0.6 is 0 Å². The third-order valence-corrected chi connectivity index (χ3v) is 2.27. The summed E-state index contributed by atoms with van der Waals surface area (Å²) >= 11 is 0. The summed E-state index contributed by atoms with van der Waals surface area (Å²) in [5.74, 6) is -1.14. The molecule has 1 atom stereocenters. The van der Waals surface area contributed by atoms with E-state index in [1.165, 1.54) is 12.4 Å². The van der Waals surface area contributed by atoms with Gasteiger partial charge < -0.3 is 10.5 Å². The second kappa shape index (κ2) is 6.56. The van der Waals surface area contributed by atoms with E-state index in [-0.39, 0.29) is 18.1 Å². The van der Waals surface area contributed by atoms with E-state index < -0.39 is 24.0 Å². The first-order valence-electron chi connectivity index (χ1n) is 6.03. The summed E-state index contributed by atoms with van der Waals surface area (Å²) in [5.41, 5.74) is 4.84. The van der Waals surface area contributed by atoms with Crippen molar-refractivity contribution in [1.82, 2.24) is 9.97 Å². The predicted molar refractivity (Wildman–Crippen MR) is 69.7 cm³/mol. The number of anilines is 1. The van der Waals surface area contributed by atoms with Gasteiger partial charge in [-0.3, -0.25) is 5.32 Å². The number of nitrogens with zero attached hydrogens (tertiary/aromatic N) is 2. The number of rotatable bonds is 4. The maximum atomic E-state index is 12.7. The van der Waals surface area contributed by atoms with Gasteiger partial charge >= 0.3 is 6.09 Å². The average molecular weight is 288 g/mol. The fraction of sp³-hybridized carbons (Fsp3) is 0.583. The van der Waals surface area contributed by atoms with Crippen LogP contribution in [0.25, 0.3) is 0 Å². The first kappa shape index (κ1) is 16.2. The van der Waals surface area contributed by atoms with Crippen molar-refractivity contribution in [3.05, 3.63) is 18.0 Å². The molecule has 1 heterocycles. The SMILES string of the molecule is CC(C)(C)OC(=O)Nc1ncc(C(CN)C(F)F)cn1. The van der Waals surface area contributed by atoms with E-state index in [1.807, 2.05) is 0 Å². The van der Waals surface area contributed by atoms with Crippen LogP contribution in [0.15, 0.2) is 12.4 Å². The van der Waals surface area contributed by atoms with Crippen molar-refractivity contribution >= 4 is 12.0 Å². The molecule has 0 aliphatic carbocycles. The minimum absolute atomic E-state index is 0.0203. The lowest BCUT2D eigenvalue weighted by atomic mass is 10.0. The lowest BCUT2D eigenvalue weighted by Crippen LogP contribution is -2.28. The number of carbonyl (C=O) groups is 1. The van der Waals surface area contributed by atoms with Crippen LogP contribution in [0.2, 0.25) is 0 Å². The number of ether oxygens (including phenoxy) is 1. The molecule has 0 aliphatic rings. The number of aromatic nitrogens is 2. The van der Waals surface area contributed by atoms with Crippen molar-refractivity contribution in [2.24, 2.45) is 5.73 Å². The van der Waals surface area contributed by atoms with E-state index in [9.17, 15) is 13.6 Å². The van der Waals surface area contributed by atoms with E-state index in [2.05, 4.69) is 15.3 Å². The summed E-state index contributed by atoms with van der Waals surface area (Å²) in [5, 5.41) is 2.31. The maximum absolute atomic E-state index is 12.7. The molecular weight excluding hydrogens is 270 g/mol. The van der Waals surface area contributed by atoms with Crippen LogP contribution in [0, 0.1) is 0 Å². The summed E-state index contributed by atoms with van der Waals surface area (Å²) in [4.78, 5) is 19.0. The van der Waals surface area contributed by atoms with Crippen LogP contribution in [0.4, 0.5) is 19.5 Å². The molecule has 0 aromatic carbocycles. The van der Waals surface area contributed by atoms with Crippen LogP contribution in [0.1, 0.15) is 32.3 Å². The molecule has 1 aromatic rings. The summed E-state index contributed by atoms with van der Waals surface area (Å²) < 4.78 is 30.3. The highest BCUT2D eigenvalue weighted by atomic mass is 19.3. The van der Waals surface area contributed by atoms with Crippen molar-refractivity contribution in [2.45, 2.75) is 38.7 Å². The van der Waals surface area contributed by atoms with Crippen molar-refractivity contribution in [1.29, 1.82) is 0 Å². The minimum Gasteiger partial charge on any atom is -0.444 e. The lowest BCUT2D eigenvalue weighted by Gasteiger charge is -2.19. The Morgan fingerprint density at radius 3 is 2.35 bits per heavy atom. The Morgan fingerprint density at radius 2 is 1.95 bits per heavy atom. The van der Waals surface area contributed by atoms with Gasteiger partial charge in [0.15, 0.2) is 0 Å². The number of amides is 1. The molecule has 0 saturated heterocycles. The predicted octanol–water partition coefficient (Wildman–Crippen LogP) is 2.13. The molecule has 6 nitrogen and oxygen atoms in total. The van der Waals surface area contributed by atoms with E-state index in [0.717, 1.165) is 0 Å². The second-order valence-corrected chi connectivity index (χ2v) is 5.14. The van der Waals surface area contributed by atoms with Crippen LogP contribution < -0.4 is 11.1 Å². The Bertz CT molecular complexity index is 446. The zero-order valence-corrected chi connectivity index (χ0v) is 11.6. The van der Waals surface area contributed by atoms with E-state index in [1.54, 1.807) is 20.8 Å². The molecule has 20 heavy (non-hydrogen) atoms. The smallest absolute Gasteiger partial charge is 0.414 e. The molecular formula is C12H18F2N4O2. The summed E-state index contributed by atoms with van der Waals surface area (Å²) in [6, 6.07) is 0. The van der Waals surface area contributed by atoms with Gasteiger partial charge in [-0.15, -0.1) is 0 Å². The average Bonchev–Trinajstić information content (AvgIpc) is 2.29. The van der Waals surface area contributed by atoms with Crippen molar-refractivity contribution in [3.63, 3.8) is 0 Å². The quantitative estimate of drug-likeness (QED) is 0.885. The number of hydrogen-bond acceptors (Lipinski definition) is 5. The highest BCUT2D eigenvalue weighted by Gasteiger charge is 2.22. The standard InChI is InChI=1S/C12H18F2N4O2/c1-12(2,3)20-11(19)18-10-16-5-7(6-17-10)8(4-15)9(13)14/h5-6,8-9H,4,15H2,1-3H3,(H,16,17,18,19). The van der Waals surface area contributed by atoms with Crippen molar-refractivity contribution in [2.75, 3.05) is 11.9 Å². The van der Waals surface area contributed by atoms with Gasteiger partial charge in [0.2, 0.25) is 12.4 Å². The fourth-order valence-corrected chi connectivity index (χ4v) is 1.37. The van der Waals surface area contributed by atoms with Crippen LogP contribution in [-0.4, -0.2) is 34.6 Å². The van der Waals surface area contributed by atoms with Crippen LogP contribution in [0.3, 0.4) is 0 Å². The first-order valence-corrected chi connectivity index (χ1v) is 6.03. The minimum atomic E-state index is -2.59. The lowest BCUT2D eigenvalue weighted by molar-refractivity contribution is 0.0634. The molecule has 0 bridgehead atoms. The zero-order chi connectivity index (χ0) is 15.3. The fourth-order valence-electron chi connectivity index (χ4n) is 1.37. The summed E-state index contributed by atoms with van der Waals surface area (Å²) in [6.45, 7) is 4.93. The monoisotopic (exact) mass is 288 g/mol. The Hall–Kier alpha value is -1.83. The Balaban J connectivity index is 2.70. The van der Waals surface area contributed by atoms with E-state index in [0.29, 0.717) is 0 Å². The summed E-state index contributed by atoms with van der Waals surface area (Å²) in [7, 11) is 0.